The first-order chi connectivity index (χ1) is 11.0. The van der Waals surface area contributed by atoms with Crippen molar-refractivity contribution in [3.05, 3.63) is 33.6 Å². The number of aromatic nitrogens is 2. The summed E-state index contributed by atoms with van der Waals surface area (Å²) in [4.78, 5) is 17.4. The fourth-order valence-corrected chi connectivity index (χ4v) is 3.26. The van der Waals surface area contributed by atoms with Crippen molar-refractivity contribution in [2.75, 3.05) is 12.4 Å². The summed E-state index contributed by atoms with van der Waals surface area (Å²) in [7, 11) is 0. The lowest BCUT2D eigenvalue weighted by Crippen LogP contribution is -2.24. The summed E-state index contributed by atoms with van der Waals surface area (Å²) >= 11 is 7.64. The molecule has 2 rings (SSSR count). The molecule has 6 heteroatoms. The Labute approximate surface area is 146 Å². The van der Waals surface area contributed by atoms with E-state index in [0.29, 0.717) is 29.1 Å². The van der Waals surface area contributed by atoms with E-state index in [0.717, 1.165) is 23.8 Å². The molecule has 0 saturated heterocycles. The lowest BCUT2D eigenvalue weighted by molar-refractivity contribution is 0.0743. The maximum absolute atomic E-state index is 12.8. The molecule has 0 aliphatic rings. The van der Waals surface area contributed by atoms with E-state index in [4.69, 9.17) is 16.3 Å². The minimum Gasteiger partial charge on any atom is -0.379 e. The molecular weight excluding hydrogens is 332 g/mol. The SMILES string of the molecule is CCCSc1nc2cc(Cl)ccc2c(=O)n1CCCOC(C)C. The standard InChI is InChI=1S/C17H23ClN2O2S/c1-4-10-23-17-19-15-11-13(18)6-7-14(15)16(21)20(17)8-5-9-22-12(2)3/h6-7,11-12H,4-5,8-10H2,1-3H3. The van der Waals surface area contributed by atoms with Crippen molar-refractivity contribution in [1.82, 2.24) is 9.55 Å². The number of hydrogen-bond acceptors (Lipinski definition) is 4. The third-order valence-electron chi connectivity index (χ3n) is 3.29. The van der Waals surface area contributed by atoms with Gasteiger partial charge in [-0.15, -0.1) is 0 Å². The average Bonchev–Trinajstić information content (AvgIpc) is 2.50. The van der Waals surface area contributed by atoms with Gasteiger partial charge in [-0.25, -0.2) is 4.98 Å². The first kappa shape index (κ1) is 18.3. The van der Waals surface area contributed by atoms with E-state index < -0.39 is 0 Å². The van der Waals surface area contributed by atoms with Gasteiger partial charge in [0.25, 0.3) is 5.56 Å². The molecule has 0 atom stereocenters. The fourth-order valence-electron chi connectivity index (χ4n) is 2.22. The molecule has 0 amide bonds. The minimum atomic E-state index is -0.00480. The van der Waals surface area contributed by atoms with Gasteiger partial charge in [0.1, 0.15) is 0 Å². The Balaban J connectivity index is 2.32. The molecule has 126 valence electrons. The van der Waals surface area contributed by atoms with Crippen LogP contribution in [0, 0.1) is 0 Å². The Kier molecular flexibility index (Phi) is 6.93. The molecule has 4 nitrogen and oxygen atoms in total. The Morgan fingerprint density at radius 2 is 2.17 bits per heavy atom. The van der Waals surface area contributed by atoms with Crippen LogP contribution < -0.4 is 5.56 Å². The Morgan fingerprint density at radius 1 is 1.39 bits per heavy atom. The van der Waals surface area contributed by atoms with Gasteiger partial charge >= 0.3 is 0 Å². The van der Waals surface area contributed by atoms with Gasteiger partial charge in [0, 0.05) is 23.9 Å². The van der Waals surface area contributed by atoms with Crippen molar-refractivity contribution >= 4 is 34.3 Å². The maximum Gasteiger partial charge on any atom is 0.262 e. The summed E-state index contributed by atoms with van der Waals surface area (Å²) in [6.45, 7) is 7.39. The topological polar surface area (TPSA) is 44.1 Å². The van der Waals surface area contributed by atoms with Crippen LogP contribution in [0.15, 0.2) is 28.2 Å². The van der Waals surface area contributed by atoms with E-state index in [9.17, 15) is 4.79 Å². The van der Waals surface area contributed by atoms with Crippen molar-refractivity contribution in [2.45, 2.75) is 51.4 Å². The van der Waals surface area contributed by atoms with Crippen LogP contribution in [0.3, 0.4) is 0 Å². The van der Waals surface area contributed by atoms with E-state index in [1.54, 1.807) is 34.5 Å². The third kappa shape index (κ3) is 4.96. The molecule has 0 bridgehead atoms. The van der Waals surface area contributed by atoms with E-state index in [1.807, 2.05) is 13.8 Å². The number of fused-ring (bicyclic) bond motifs is 1. The molecule has 2 aromatic rings. The molecule has 1 heterocycles. The van der Waals surface area contributed by atoms with Crippen LogP contribution >= 0.6 is 23.4 Å². The highest BCUT2D eigenvalue weighted by Gasteiger charge is 2.11. The van der Waals surface area contributed by atoms with Gasteiger partial charge in [-0.3, -0.25) is 9.36 Å². The van der Waals surface area contributed by atoms with Crippen molar-refractivity contribution in [3.8, 4) is 0 Å². The van der Waals surface area contributed by atoms with Crippen LogP contribution in [0.1, 0.15) is 33.6 Å². The average molecular weight is 355 g/mol. The minimum absolute atomic E-state index is 0.00480. The molecule has 0 aliphatic carbocycles. The second-order valence-electron chi connectivity index (χ2n) is 5.63. The number of thioether (sulfide) groups is 1. The predicted molar refractivity (Wildman–Crippen MR) is 97.7 cm³/mol. The molecule has 0 unspecified atom stereocenters. The largest absolute Gasteiger partial charge is 0.379 e. The Hall–Kier alpha value is -1.04. The molecule has 0 aliphatic heterocycles. The van der Waals surface area contributed by atoms with Crippen molar-refractivity contribution in [2.24, 2.45) is 0 Å². The van der Waals surface area contributed by atoms with Crippen LogP contribution in [0.4, 0.5) is 0 Å². The number of hydrogen-bond donors (Lipinski definition) is 0. The third-order valence-corrected chi connectivity index (χ3v) is 4.71. The first-order valence-electron chi connectivity index (χ1n) is 7.97. The molecule has 0 fully saturated rings. The molecule has 23 heavy (non-hydrogen) atoms. The Morgan fingerprint density at radius 3 is 2.87 bits per heavy atom. The molecule has 0 radical (unpaired) electrons. The maximum atomic E-state index is 12.8. The number of halogens is 1. The molecule has 0 saturated carbocycles. The van der Waals surface area contributed by atoms with Crippen LogP contribution in [0.25, 0.3) is 10.9 Å². The number of benzene rings is 1. The van der Waals surface area contributed by atoms with Crippen molar-refractivity contribution < 1.29 is 4.74 Å². The van der Waals surface area contributed by atoms with Crippen LogP contribution in [0.2, 0.25) is 5.02 Å². The van der Waals surface area contributed by atoms with Gasteiger partial charge in [0.05, 0.1) is 17.0 Å². The normalized spacial score (nSPS) is 11.5. The molecule has 0 N–H and O–H groups in total. The van der Waals surface area contributed by atoms with E-state index in [2.05, 4.69) is 11.9 Å². The Bertz CT molecular complexity index is 716. The summed E-state index contributed by atoms with van der Waals surface area (Å²) in [6.07, 6.45) is 2.03. The van der Waals surface area contributed by atoms with Gasteiger partial charge < -0.3 is 4.74 Å². The highest BCUT2D eigenvalue weighted by atomic mass is 35.5. The smallest absolute Gasteiger partial charge is 0.262 e. The fraction of sp³-hybridized carbons (Fsp3) is 0.529. The lowest BCUT2D eigenvalue weighted by Gasteiger charge is -2.13. The first-order valence-corrected chi connectivity index (χ1v) is 9.33. The molecule has 1 aromatic heterocycles. The van der Waals surface area contributed by atoms with Gasteiger partial charge in [0.15, 0.2) is 5.16 Å². The summed E-state index contributed by atoms with van der Waals surface area (Å²) in [5.74, 6) is 0.932. The lowest BCUT2D eigenvalue weighted by atomic mass is 10.2. The van der Waals surface area contributed by atoms with Gasteiger partial charge in [0.2, 0.25) is 0 Å². The number of nitrogens with zero attached hydrogens (tertiary/aromatic N) is 2. The zero-order valence-electron chi connectivity index (χ0n) is 13.8. The van der Waals surface area contributed by atoms with Crippen LogP contribution in [-0.4, -0.2) is 28.0 Å². The van der Waals surface area contributed by atoms with Crippen LogP contribution in [-0.2, 0) is 11.3 Å². The van der Waals surface area contributed by atoms with Crippen molar-refractivity contribution in [3.63, 3.8) is 0 Å². The summed E-state index contributed by atoms with van der Waals surface area (Å²) in [5, 5.41) is 1.97. The van der Waals surface area contributed by atoms with Gasteiger partial charge in [-0.2, -0.15) is 0 Å². The molecule has 0 spiro atoms. The molecular formula is C17H23ClN2O2S. The predicted octanol–water partition coefficient (Wildman–Crippen LogP) is 4.37. The molecule has 1 aromatic carbocycles. The summed E-state index contributed by atoms with van der Waals surface area (Å²) in [5.41, 5.74) is 0.658. The van der Waals surface area contributed by atoms with E-state index in [-0.39, 0.29) is 11.7 Å². The highest BCUT2D eigenvalue weighted by molar-refractivity contribution is 7.99. The summed E-state index contributed by atoms with van der Waals surface area (Å²) in [6, 6.07) is 5.24. The quantitative estimate of drug-likeness (QED) is 0.401. The van der Waals surface area contributed by atoms with Gasteiger partial charge in [-0.1, -0.05) is 30.3 Å². The number of rotatable bonds is 8. The van der Waals surface area contributed by atoms with Crippen LogP contribution in [0.5, 0.6) is 0 Å². The van der Waals surface area contributed by atoms with E-state index in [1.165, 1.54) is 0 Å². The van der Waals surface area contributed by atoms with Gasteiger partial charge in [-0.05, 0) is 44.9 Å². The monoisotopic (exact) mass is 354 g/mol. The van der Waals surface area contributed by atoms with Crippen molar-refractivity contribution in [1.29, 1.82) is 0 Å². The van der Waals surface area contributed by atoms with E-state index >= 15 is 0 Å². The number of ether oxygens (including phenoxy) is 1. The second kappa shape index (κ2) is 8.71. The zero-order valence-corrected chi connectivity index (χ0v) is 15.4. The second-order valence-corrected chi connectivity index (χ2v) is 7.13. The zero-order chi connectivity index (χ0) is 16.8. The summed E-state index contributed by atoms with van der Waals surface area (Å²) < 4.78 is 7.33. The highest BCUT2D eigenvalue weighted by Crippen LogP contribution is 2.21.